The molecule has 0 bridgehead atoms. The van der Waals surface area contributed by atoms with Crippen LogP contribution in [0.5, 0.6) is 0 Å². The SMILES string of the molecule is NC[C@@H](N)CSC(c1ccccc1)(c1ccc(CO)cc1)c1ccsc1. The highest BCUT2D eigenvalue weighted by Crippen LogP contribution is 2.49. The van der Waals surface area contributed by atoms with Gasteiger partial charge in [-0.05, 0) is 39.1 Å². The first-order chi connectivity index (χ1) is 12.7. The molecule has 136 valence electrons. The summed E-state index contributed by atoms with van der Waals surface area (Å²) in [5.41, 5.74) is 16.5. The van der Waals surface area contributed by atoms with Crippen molar-refractivity contribution in [2.45, 2.75) is 17.4 Å². The monoisotopic (exact) mass is 384 g/mol. The quantitative estimate of drug-likeness (QED) is 0.555. The fourth-order valence-corrected chi connectivity index (χ4v) is 5.31. The van der Waals surface area contributed by atoms with Gasteiger partial charge in [0.2, 0.25) is 0 Å². The lowest BCUT2D eigenvalue weighted by molar-refractivity contribution is 0.282. The average Bonchev–Trinajstić information content (AvgIpc) is 3.24. The van der Waals surface area contributed by atoms with Gasteiger partial charge in [0, 0.05) is 18.3 Å². The fourth-order valence-electron chi connectivity index (χ4n) is 3.03. The third kappa shape index (κ3) is 3.87. The summed E-state index contributed by atoms with van der Waals surface area (Å²) in [7, 11) is 0. The number of nitrogens with two attached hydrogens (primary N) is 2. The van der Waals surface area contributed by atoms with Gasteiger partial charge in [-0.3, -0.25) is 0 Å². The number of hydrogen-bond donors (Lipinski definition) is 3. The number of rotatable bonds is 8. The first-order valence-corrected chi connectivity index (χ1v) is 10.5. The second-order valence-corrected chi connectivity index (χ2v) is 8.24. The third-order valence-electron chi connectivity index (χ3n) is 4.47. The minimum atomic E-state index is -0.359. The Morgan fingerprint density at radius 3 is 2.23 bits per heavy atom. The summed E-state index contributed by atoms with van der Waals surface area (Å²) in [5.74, 6) is 0.753. The van der Waals surface area contributed by atoms with Crippen LogP contribution in [0.25, 0.3) is 0 Å². The van der Waals surface area contributed by atoms with E-state index in [1.165, 1.54) is 16.7 Å². The molecule has 0 saturated carbocycles. The van der Waals surface area contributed by atoms with E-state index in [4.69, 9.17) is 11.5 Å². The van der Waals surface area contributed by atoms with Crippen LogP contribution in [0, 0.1) is 0 Å². The van der Waals surface area contributed by atoms with E-state index in [0.717, 1.165) is 11.3 Å². The van der Waals surface area contributed by atoms with Crippen molar-refractivity contribution in [3.05, 3.63) is 93.7 Å². The number of thioether (sulfide) groups is 1. The van der Waals surface area contributed by atoms with E-state index in [1.54, 1.807) is 11.3 Å². The maximum atomic E-state index is 9.41. The van der Waals surface area contributed by atoms with Crippen molar-refractivity contribution in [2.75, 3.05) is 12.3 Å². The Kier molecular flexibility index (Phi) is 6.51. The maximum Gasteiger partial charge on any atom is 0.0915 e. The van der Waals surface area contributed by atoms with E-state index in [0.29, 0.717) is 6.54 Å². The van der Waals surface area contributed by atoms with E-state index < -0.39 is 0 Å². The lowest BCUT2D eigenvalue weighted by atomic mass is 9.85. The Morgan fingerprint density at radius 2 is 1.65 bits per heavy atom. The summed E-state index contributed by atoms with van der Waals surface area (Å²) in [6, 6.07) is 20.8. The van der Waals surface area contributed by atoms with Crippen molar-refractivity contribution in [1.82, 2.24) is 0 Å². The molecule has 3 aromatic rings. The van der Waals surface area contributed by atoms with Crippen LogP contribution >= 0.6 is 23.1 Å². The Hall–Kier alpha value is -1.63. The van der Waals surface area contributed by atoms with Gasteiger partial charge in [-0.25, -0.2) is 0 Å². The van der Waals surface area contributed by atoms with Crippen molar-refractivity contribution in [3.8, 4) is 0 Å². The molecular weight excluding hydrogens is 360 g/mol. The van der Waals surface area contributed by atoms with Gasteiger partial charge in [0.25, 0.3) is 0 Å². The van der Waals surface area contributed by atoms with E-state index in [9.17, 15) is 5.11 Å². The molecule has 0 aliphatic heterocycles. The predicted molar refractivity (Wildman–Crippen MR) is 112 cm³/mol. The van der Waals surface area contributed by atoms with Crippen LogP contribution in [0.15, 0.2) is 71.4 Å². The Balaban J connectivity index is 2.16. The molecule has 0 aliphatic rings. The zero-order valence-electron chi connectivity index (χ0n) is 14.5. The van der Waals surface area contributed by atoms with Gasteiger partial charge >= 0.3 is 0 Å². The molecule has 2 aromatic carbocycles. The summed E-state index contributed by atoms with van der Waals surface area (Å²) >= 11 is 3.51. The second-order valence-electron chi connectivity index (χ2n) is 6.22. The minimum Gasteiger partial charge on any atom is -0.392 e. The van der Waals surface area contributed by atoms with E-state index >= 15 is 0 Å². The summed E-state index contributed by atoms with van der Waals surface area (Å²) in [4.78, 5) is 0. The van der Waals surface area contributed by atoms with Gasteiger partial charge in [-0.15, -0.1) is 11.8 Å². The largest absolute Gasteiger partial charge is 0.392 e. The minimum absolute atomic E-state index is 0.0439. The Bertz CT molecular complexity index is 791. The van der Waals surface area contributed by atoms with Gasteiger partial charge in [-0.1, -0.05) is 54.6 Å². The van der Waals surface area contributed by atoms with Crippen LogP contribution in [0.2, 0.25) is 0 Å². The highest BCUT2D eigenvalue weighted by Gasteiger charge is 2.37. The molecule has 0 radical (unpaired) electrons. The molecule has 2 atom stereocenters. The molecule has 0 amide bonds. The van der Waals surface area contributed by atoms with E-state index in [1.807, 2.05) is 30.0 Å². The lowest BCUT2D eigenvalue weighted by Gasteiger charge is -2.35. The molecule has 0 fully saturated rings. The molecule has 0 saturated heterocycles. The first kappa shape index (κ1) is 19.1. The van der Waals surface area contributed by atoms with Crippen molar-refractivity contribution >= 4 is 23.1 Å². The average molecular weight is 385 g/mol. The van der Waals surface area contributed by atoms with Gasteiger partial charge in [0.05, 0.1) is 11.4 Å². The molecule has 3 rings (SSSR count). The highest BCUT2D eigenvalue weighted by atomic mass is 32.2. The number of thiophene rings is 1. The van der Waals surface area contributed by atoms with E-state index in [-0.39, 0.29) is 17.4 Å². The van der Waals surface area contributed by atoms with Crippen LogP contribution in [-0.2, 0) is 11.4 Å². The molecule has 1 heterocycles. The van der Waals surface area contributed by atoms with Gasteiger partial charge in [-0.2, -0.15) is 11.3 Å². The molecule has 0 aliphatic carbocycles. The van der Waals surface area contributed by atoms with Crippen molar-refractivity contribution in [2.24, 2.45) is 11.5 Å². The Labute approximate surface area is 163 Å². The van der Waals surface area contributed by atoms with Gasteiger partial charge in [0.1, 0.15) is 0 Å². The molecule has 5 N–H and O–H groups in total. The second kappa shape index (κ2) is 8.84. The number of hydrogen-bond acceptors (Lipinski definition) is 5. The topological polar surface area (TPSA) is 72.3 Å². The zero-order chi connectivity index (χ0) is 18.4. The summed E-state index contributed by atoms with van der Waals surface area (Å²) in [6.07, 6.45) is 0. The molecular formula is C21H24N2OS2. The molecule has 1 aromatic heterocycles. The lowest BCUT2D eigenvalue weighted by Crippen LogP contribution is -2.35. The van der Waals surface area contributed by atoms with Gasteiger partial charge in [0.15, 0.2) is 0 Å². The first-order valence-electron chi connectivity index (χ1n) is 8.58. The smallest absolute Gasteiger partial charge is 0.0915 e. The summed E-state index contributed by atoms with van der Waals surface area (Å²) in [6.45, 7) is 0.507. The standard InChI is InChI=1S/C21H24N2OS2/c22-12-20(23)15-26-21(19-10-11-25-14-19,17-4-2-1-3-5-17)18-8-6-16(13-24)7-9-18/h1-11,14,20,24H,12-13,15,22-23H2/t20-,21?/m1/s1. The number of aliphatic hydroxyl groups excluding tert-OH is 1. The van der Waals surface area contributed by atoms with Crippen molar-refractivity contribution in [3.63, 3.8) is 0 Å². The van der Waals surface area contributed by atoms with Crippen LogP contribution in [0.3, 0.4) is 0 Å². The predicted octanol–water partition coefficient (Wildman–Crippen LogP) is 3.55. The normalized spacial score (nSPS) is 14.7. The molecule has 0 spiro atoms. The van der Waals surface area contributed by atoms with Crippen molar-refractivity contribution < 1.29 is 5.11 Å². The molecule has 5 heteroatoms. The summed E-state index contributed by atoms with van der Waals surface area (Å²) < 4.78 is -0.359. The molecule has 26 heavy (non-hydrogen) atoms. The van der Waals surface area contributed by atoms with Crippen LogP contribution in [0.4, 0.5) is 0 Å². The Morgan fingerprint density at radius 1 is 0.962 bits per heavy atom. The van der Waals surface area contributed by atoms with Crippen LogP contribution < -0.4 is 11.5 Å². The van der Waals surface area contributed by atoms with Crippen LogP contribution in [0.1, 0.15) is 22.3 Å². The highest BCUT2D eigenvalue weighted by molar-refractivity contribution is 8.00. The fraction of sp³-hybridized carbons (Fsp3) is 0.238. The number of benzene rings is 2. The maximum absolute atomic E-state index is 9.41. The van der Waals surface area contributed by atoms with Crippen molar-refractivity contribution in [1.29, 1.82) is 0 Å². The molecule has 1 unspecified atom stereocenters. The van der Waals surface area contributed by atoms with E-state index in [2.05, 4.69) is 53.2 Å². The zero-order valence-corrected chi connectivity index (χ0v) is 16.2. The third-order valence-corrected chi connectivity index (χ3v) is 6.89. The summed E-state index contributed by atoms with van der Waals surface area (Å²) in [5, 5.41) is 13.7. The number of aliphatic hydroxyl groups is 1. The van der Waals surface area contributed by atoms with Crippen LogP contribution in [-0.4, -0.2) is 23.4 Å². The molecule has 3 nitrogen and oxygen atoms in total. The van der Waals surface area contributed by atoms with Gasteiger partial charge < -0.3 is 16.6 Å².